The molecule has 2 atom stereocenters. The molecular formula is C9H14N2O. The van der Waals surface area contributed by atoms with Gasteiger partial charge in [-0.15, -0.1) is 0 Å². The first-order valence-corrected chi connectivity index (χ1v) is 4.62. The molecule has 0 unspecified atom stereocenters. The predicted octanol–water partition coefficient (Wildman–Crippen LogP) is 1.68. The van der Waals surface area contributed by atoms with Crippen molar-refractivity contribution >= 4 is 0 Å². The van der Waals surface area contributed by atoms with Gasteiger partial charge in [-0.25, -0.2) is 0 Å². The SMILES string of the molecule is OCCCC=C1[C@@H]2CC[C@H]1N=N2. The first-order chi connectivity index (χ1) is 5.92. The lowest BCUT2D eigenvalue weighted by molar-refractivity contribution is 0.289. The molecule has 1 aliphatic heterocycles. The summed E-state index contributed by atoms with van der Waals surface area (Å²) >= 11 is 0. The van der Waals surface area contributed by atoms with Crippen LogP contribution >= 0.6 is 0 Å². The topological polar surface area (TPSA) is 45.0 Å². The molecule has 2 bridgehead atoms. The number of unbranched alkanes of at least 4 members (excludes halogenated alkanes) is 1. The van der Waals surface area contributed by atoms with Crippen LogP contribution in [-0.4, -0.2) is 23.8 Å². The summed E-state index contributed by atoms with van der Waals surface area (Å²) < 4.78 is 0. The van der Waals surface area contributed by atoms with E-state index < -0.39 is 0 Å². The third kappa shape index (κ3) is 1.29. The van der Waals surface area contributed by atoms with Gasteiger partial charge in [0.05, 0.1) is 12.1 Å². The average Bonchev–Trinajstić information content (AvgIpc) is 2.65. The van der Waals surface area contributed by atoms with Crippen molar-refractivity contribution < 1.29 is 5.11 Å². The molecule has 1 heterocycles. The average molecular weight is 166 g/mol. The third-order valence-corrected chi connectivity index (χ3v) is 2.57. The molecule has 0 aromatic rings. The van der Waals surface area contributed by atoms with Gasteiger partial charge in [-0.3, -0.25) is 0 Å². The highest BCUT2D eigenvalue weighted by atomic mass is 16.2. The highest BCUT2D eigenvalue weighted by Crippen LogP contribution is 2.36. The summed E-state index contributed by atoms with van der Waals surface area (Å²) in [5, 5.41) is 16.9. The molecule has 12 heavy (non-hydrogen) atoms. The van der Waals surface area contributed by atoms with E-state index in [0.717, 1.165) is 12.8 Å². The Balaban J connectivity index is 1.93. The summed E-state index contributed by atoms with van der Waals surface area (Å²) in [6, 6.07) is 0.794. The molecule has 0 aromatic heterocycles. The number of azo groups is 1. The molecule has 2 rings (SSSR count). The standard InChI is InChI=1S/C9H14N2O/c12-6-2-1-3-7-8-4-5-9(7)11-10-8/h3,8-9,12H,1-2,4-6H2/t8-,9+. The summed E-state index contributed by atoms with van der Waals surface area (Å²) in [4.78, 5) is 0. The lowest BCUT2D eigenvalue weighted by Gasteiger charge is -1.99. The van der Waals surface area contributed by atoms with Crippen molar-refractivity contribution in [2.75, 3.05) is 6.61 Å². The summed E-state index contributed by atoms with van der Waals surface area (Å²) in [7, 11) is 0. The molecule has 3 nitrogen and oxygen atoms in total. The minimum absolute atomic E-state index is 0.285. The van der Waals surface area contributed by atoms with Crippen LogP contribution in [0.5, 0.6) is 0 Å². The quantitative estimate of drug-likeness (QED) is 0.503. The van der Waals surface area contributed by atoms with E-state index >= 15 is 0 Å². The lowest BCUT2D eigenvalue weighted by atomic mass is 10.1. The molecule has 0 aromatic carbocycles. The molecule has 2 aliphatic rings. The van der Waals surface area contributed by atoms with Gasteiger partial charge in [0.2, 0.25) is 0 Å². The monoisotopic (exact) mass is 166 g/mol. The van der Waals surface area contributed by atoms with Crippen LogP contribution in [0.4, 0.5) is 0 Å². The minimum Gasteiger partial charge on any atom is -0.396 e. The van der Waals surface area contributed by atoms with E-state index in [-0.39, 0.29) is 6.61 Å². The third-order valence-electron chi connectivity index (χ3n) is 2.57. The second kappa shape index (κ2) is 3.35. The van der Waals surface area contributed by atoms with Crippen LogP contribution in [0.2, 0.25) is 0 Å². The van der Waals surface area contributed by atoms with Crippen LogP contribution in [0.15, 0.2) is 21.9 Å². The van der Waals surface area contributed by atoms with E-state index in [0.29, 0.717) is 12.1 Å². The first-order valence-electron chi connectivity index (χ1n) is 4.62. The maximum absolute atomic E-state index is 8.61. The fourth-order valence-corrected chi connectivity index (χ4v) is 1.91. The zero-order valence-electron chi connectivity index (χ0n) is 7.11. The Hall–Kier alpha value is -0.700. The highest BCUT2D eigenvalue weighted by molar-refractivity contribution is 5.26. The number of fused-ring (bicyclic) bond motifs is 2. The summed E-state index contributed by atoms with van der Waals surface area (Å²) in [6.45, 7) is 0.285. The lowest BCUT2D eigenvalue weighted by Crippen LogP contribution is -1.99. The number of hydrogen-bond acceptors (Lipinski definition) is 3. The van der Waals surface area contributed by atoms with E-state index in [1.165, 1.54) is 18.4 Å². The Kier molecular flexibility index (Phi) is 2.21. The smallest absolute Gasteiger partial charge is 0.0940 e. The van der Waals surface area contributed by atoms with Gasteiger partial charge in [0.1, 0.15) is 0 Å². The summed E-state index contributed by atoms with van der Waals surface area (Å²) in [5.41, 5.74) is 1.41. The van der Waals surface area contributed by atoms with Gasteiger partial charge < -0.3 is 5.11 Å². The highest BCUT2D eigenvalue weighted by Gasteiger charge is 2.34. The van der Waals surface area contributed by atoms with E-state index in [2.05, 4.69) is 16.3 Å². The van der Waals surface area contributed by atoms with Crippen LogP contribution in [0.1, 0.15) is 25.7 Å². The number of aliphatic hydroxyl groups excluding tert-OH is 1. The molecule has 0 spiro atoms. The van der Waals surface area contributed by atoms with Crippen molar-refractivity contribution in [2.24, 2.45) is 10.2 Å². The Labute approximate surface area is 72.2 Å². The maximum Gasteiger partial charge on any atom is 0.0940 e. The van der Waals surface area contributed by atoms with Gasteiger partial charge in [0.15, 0.2) is 0 Å². The van der Waals surface area contributed by atoms with Crippen LogP contribution < -0.4 is 0 Å². The predicted molar refractivity (Wildman–Crippen MR) is 46.1 cm³/mol. The fourth-order valence-electron chi connectivity index (χ4n) is 1.91. The number of nitrogens with zero attached hydrogens (tertiary/aromatic N) is 2. The molecular weight excluding hydrogens is 152 g/mol. The first kappa shape index (κ1) is 7.92. The zero-order chi connectivity index (χ0) is 8.39. The van der Waals surface area contributed by atoms with Gasteiger partial charge in [-0.2, -0.15) is 10.2 Å². The van der Waals surface area contributed by atoms with E-state index in [1.807, 2.05) is 0 Å². The minimum atomic E-state index is 0.285. The number of allylic oxidation sites excluding steroid dienone is 1. The summed E-state index contributed by atoms with van der Waals surface area (Å²) in [6.07, 6.45) is 6.42. The Morgan fingerprint density at radius 2 is 2.00 bits per heavy atom. The van der Waals surface area contributed by atoms with Gasteiger partial charge in [-0.1, -0.05) is 6.08 Å². The number of aliphatic hydroxyl groups is 1. The van der Waals surface area contributed by atoms with Gasteiger partial charge in [0, 0.05) is 6.61 Å². The molecule has 3 heteroatoms. The molecule has 0 radical (unpaired) electrons. The van der Waals surface area contributed by atoms with Gasteiger partial charge >= 0.3 is 0 Å². The molecule has 1 fully saturated rings. The molecule has 66 valence electrons. The second-order valence-electron chi connectivity index (χ2n) is 3.41. The number of rotatable bonds is 3. The van der Waals surface area contributed by atoms with Gasteiger partial charge in [-0.05, 0) is 31.3 Å². The van der Waals surface area contributed by atoms with Crippen molar-refractivity contribution in [2.45, 2.75) is 37.8 Å². The van der Waals surface area contributed by atoms with Crippen molar-refractivity contribution in [1.82, 2.24) is 0 Å². The van der Waals surface area contributed by atoms with E-state index in [4.69, 9.17) is 5.11 Å². The second-order valence-corrected chi connectivity index (χ2v) is 3.41. The van der Waals surface area contributed by atoms with Crippen molar-refractivity contribution in [1.29, 1.82) is 0 Å². The van der Waals surface area contributed by atoms with Crippen LogP contribution in [0.3, 0.4) is 0 Å². The normalized spacial score (nSPS) is 35.2. The Bertz CT molecular complexity index is 207. The van der Waals surface area contributed by atoms with Crippen LogP contribution in [0, 0.1) is 0 Å². The fraction of sp³-hybridized carbons (Fsp3) is 0.778. The molecule has 0 amide bonds. The Morgan fingerprint density at radius 1 is 1.33 bits per heavy atom. The van der Waals surface area contributed by atoms with Gasteiger partial charge in [0.25, 0.3) is 0 Å². The van der Waals surface area contributed by atoms with E-state index in [1.54, 1.807) is 0 Å². The van der Waals surface area contributed by atoms with E-state index in [9.17, 15) is 0 Å². The van der Waals surface area contributed by atoms with Crippen molar-refractivity contribution in [3.05, 3.63) is 11.6 Å². The molecule has 1 N–H and O–H groups in total. The van der Waals surface area contributed by atoms with Crippen LogP contribution in [0.25, 0.3) is 0 Å². The van der Waals surface area contributed by atoms with Crippen LogP contribution in [-0.2, 0) is 0 Å². The largest absolute Gasteiger partial charge is 0.396 e. The molecule has 1 aliphatic carbocycles. The number of hydrogen-bond donors (Lipinski definition) is 1. The molecule has 0 saturated heterocycles. The van der Waals surface area contributed by atoms with Crippen molar-refractivity contribution in [3.8, 4) is 0 Å². The Morgan fingerprint density at radius 3 is 2.50 bits per heavy atom. The maximum atomic E-state index is 8.61. The van der Waals surface area contributed by atoms with Crippen molar-refractivity contribution in [3.63, 3.8) is 0 Å². The summed E-state index contributed by atoms with van der Waals surface area (Å²) in [5.74, 6) is 0. The zero-order valence-corrected chi connectivity index (χ0v) is 7.11. The molecule has 1 saturated carbocycles.